The van der Waals surface area contributed by atoms with Crippen LogP contribution in [-0.4, -0.2) is 36.7 Å². The van der Waals surface area contributed by atoms with Gasteiger partial charge in [0.15, 0.2) is 0 Å². The molecule has 0 aromatic heterocycles. The molecule has 0 spiro atoms. The highest BCUT2D eigenvalue weighted by atomic mass is 16.5. The number of Topliss-reactive ketones (excluding diaryl/α,β-unsaturated/α-hetero) is 2. The van der Waals surface area contributed by atoms with E-state index in [1.165, 1.54) is 0 Å². The fourth-order valence-corrected chi connectivity index (χ4v) is 4.94. The molecule has 0 radical (unpaired) electrons. The highest BCUT2D eigenvalue weighted by Crippen LogP contribution is 2.20. The summed E-state index contributed by atoms with van der Waals surface area (Å²) in [6.07, 6.45) is 1.05. The number of ketones is 2. The maximum atomic E-state index is 13.6. The maximum Gasteiger partial charge on any atom is 0.333 e. The second-order valence-corrected chi connectivity index (χ2v) is 11.1. The second-order valence-electron chi connectivity index (χ2n) is 11.1. The zero-order valence-electron chi connectivity index (χ0n) is 25.8. The van der Waals surface area contributed by atoms with Gasteiger partial charge in [0.1, 0.15) is 0 Å². The minimum Gasteiger partial charge on any atom is -0.462 e. The Kier molecular flexibility index (Phi) is 9.57. The topological polar surface area (TPSA) is 111 Å². The summed E-state index contributed by atoms with van der Waals surface area (Å²) in [5.41, 5.74) is 4.25. The number of carbonyl (C=O) groups is 4. The molecule has 8 heteroatoms. The standard InChI is InChI=1S/C38H34N2O6/c1-23(2)37(43)45-19-17-25-9-13-29(14-10-25)39-33-31-21-27-7-5-6-8-28(27)22-32(31)34(36(42)35(33)41)40-30-15-11-26(12-16-30)18-20-46-38(44)24(3)4/h5-16,21-22,39-40H,1,3,17-20H2,2,4H3. The predicted molar refractivity (Wildman–Crippen MR) is 179 cm³/mol. The van der Waals surface area contributed by atoms with Crippen molar-refractivity contribution in [2.75, 3.05) is 23.8 Å². The van der Waals surface area contributed by atoms with Gasteiger partial charge in [-0.15, -0.1) is 0 Å². The number of anilines is 2. The first-order chi connectivity index (χ1) is 22.1. The lowest BCUT2D eigenvalue weighted by molar-refractivity contribution is -0.139. The second kappa shape index (κ2) is 13.9. The first kappa shape index (κ1) is 31.7. The van der Waals surface area contributed by atoms with E-state index in [1.54, 1.807) is 13.8 Å². The number of fused-ring (bicyclic) bond motifs is 2. The molecule has 0 atom stereocenters. The van der Waals surface area contributed by atoms with Crippen LogP contribution in [0.25, 0.3) is 22.2 Å². The molecular formula is C38H34N2O6. The molecule has 5 rings (SSSR count). The molecule has 1 aliphatic carbocycles. The van der Waals surface area contributed by atoms with Crippen LogP contribution in [0.3, 0.4) is 0 Å². The van der Waals surface area contributed by atoms with Gasteiger partial charge >= 0.3 is 11.9 Å². The maximum absolute atomic E-state index is 13.6. The van der Waals surface area contributed by atoms with Crippen LogP contribution in [0.5, 0.6) is 0 Å². The minimum atomic E-state index is -0.656. The van der Waals surface area contributed by atoms with E-state index in [4.69, 9.17) is 9.47 Å². The fourth-order valence-electron chi connectivity index (χ4n) is 4.94. The number of rotatable bonds is 12. The van der Waals surface area contributed by atoms with E-state index < -0.39 is 23.5 Å². The zero-order valence-corrected chi connectivity index (χ0v) is 25.8. The number of carbonyl (C=O) groups excluding carboxylic acids is 4. The smallest absolute Gasteiger partial charge is 0.333 e. The summed E-state index contributed by atoms with van der Waals surface area (Å²) >= 11 is 0. The molecule has 1 aliphatic rings. The van der Waals surface area contributed by atoms with E-state index >= 15 is 0 Å². The van der Waals surface area contributed by atoms with Crippen molar-refractivity contribution in [2.24, 2.45) is 0 Å². The van der Waals surface area contributed by atoms with Crippen LogP contribution in [0.1, 0.15) is 25.0 Å². The van der Waals surface area contributed by atoms with Gasteiger partial charge in [-0.1, -0.05) is 61.7 Å². The van der Waals surface area contributed by atoms with Crippen molar-refractivity contribution < 1.29 is 28.7 Å². The fraction of sp³-hybridized carbons (Fsp3) is 0.158. The molecule has 0 amide bonds. The third-order valence-electron chi connectivity index (χ3n) is 7.48. The number of hydrogen-bond acceptors (Lipinski definition) is 8. The SMILES string of the molecule is C=C(C)C(=O)OCCc1ccc(NC2=c3cc4ccccc4cc3=C(Nc3ccc(CCOC(=O)C(=C)C)cc3)C(=O)C2=O)cc1. The Morgan fingerprint density at radius 2 is 0.978 bits per heavy atom. The summed E-state index contributed by atoms with van der Waals surface area (Å²) in [6.45, 7) is 10.8. The average Bonchev–Trinajstić information content (AvgIpc) is 3.05. The number of esters is 2. The molecule has 2 N–H and O–H groups in total. The summed E-state index contributed by atoms with van der Waals surface area (Å²) < 4.78 is 10.4. The molecular weight excluding hydrogens is 580 g/mol. The molecule has 0 aliphatic heterocycles. The van der Waals surface area contributed by atoms with Gasteiger partial charge in [0, 0.05) is 45.8 Å². The number of nitrogens with one attached hydrogen (secondary N) is 2. The Balaban J connectivity index is 1.43. The van der Waals surface area contributed by atoms with Gasteiger partial charge in [-0.2, -0.15) is 0 Å². The van der Waals surface area contributed by atoms with Crippen LogP contribution < -0.4 is 21.1 Å². The molecule has 8 nitrogen and oxygen atoms in total. The van der Waals surface area contributed by atoms with Gasteiger partial charge in [0.05, 0.1) is 24.6 Å². The molecule has 0 fully saturated rings. The van der Waals surface area contributed by atoms with Crippen LogP contribution in [-0.2, 0) is 41.5 Å². The van der Waals surface area contributed by atoms with Crippen molar-refractivity contribution in [3.63, 3.8) is 0 Å². The lowest BCUT2D eigenvalue weighted by atomic mass is 9.95. The summed E-state index contributed by atoms with van der Waals surface area (Å²) in [6, 6.07) is 26.4. The van der Waals surface area contributed by atoms with E-state index in [2.05, 4.69) is 23.8 Å². The van der Waals surface area contributed by atoms with E-state index in [1.807, 2.05) is 84.9 Å². The van der Waals surface area contributed by atoms with Gasteiger partial charge in [-0.05, 0) is 72.1 Å². The molecule has 0 heterocycles. The summed E-state index contributed by atoms with van der Waals surface area (Å²) in [7, 11) is 0. The summed E-state index contributed by atoms with van der Waals surface area (Å²) in [5, 5.41) is 9.46. The van der Waals surface area contributed by atoms with Crippen molar-refractivity contribution in [3.8, 4) is 0 Å². The average molecular weight is 615 g/mol. The Labute approximate surface area is 266 Å². The highest BCUT2D eigenvalue weighted by molar-refractivity contribution is 6.64. The van der Waals surface area contributed by atoms with Gasteiger partial charge in [-0.3, -0.25) is 9.59 Å². The van der Waals surface area contributed by atoms with Crippen LogP contribution in [0.15, 0.2) is 109 Å². The predicted octanol–water partition coefficient (Wildman–Crippen LogP) is 4.76. The van der Waals surface area contributed by atoms with Crippen LogP contribution in [0.2, 0.25) is 0 Å². The molecule has 4 aromatic rings. The summed E-state index contributed by atoms with van der Waals surface area (Å²) in [5.74, 6) is -2.17. The number of hydrogen-bond donors (Lipinski definition) is 2. The van der Waals surface area contributed by atoms with Crippen LogP contribution >= 0.6 is 0 Å². The Morgan fingerprint density at radius 1 is 0.609 bits per heavy atom. The zero-order chi connectivity index (χ0) is 32.8. The van der Waals surface area contributed by atoms with Crippen LogP contribution in [0.4, 0.5) is 11.4 Å². The Morgan fingerprint density at radius 3 is 1.33 bits per heavy atom. The minimum absolute atomic E-state index is 0.194. The third-order valence-corrected chi connectivity index (χ3v) is 7.48. The van der Waals surface area contributed by atoms with Gasteiger partial charge < -0.3 is 20.1 Å². The van der Waals surface area contributed by atoms with Crippen LogP contribution in [0, 0.1) is 0 Å². The summed E-state index contributed by atoms with van der Waals surface area (Å²) in [4.78, 5) is 50.5. The Bertz CT molecular complexity index is 1860. The molecule has 232 valence electrons. The lowest BCUT2D eigenvalue weighted by Crippen LogP contribution is -2.44. The lowest BCUT2D eigenvalue weighted by Gasteiger charge is -2.19. The number of benzene rings is 4. The van der Waals surface area contributed by atoms with E-state index in [9.17, 15) is 19.2 Å². The van der Waals surface area contributed by atoms with E-state index in [0.717, 1.165) is 21.9 Å². The first-order valence-electron chi connectivity index (χ1n) is 14.8. The van der Waals surface area contributed by atoms with E-state index in [0.29, 0.717) is 45.8 Å². The normalized spacial score (nSPS) is 12.4. The van der Waals surface area contributed by atoms with Crippen molar-refractivity contribution in [1.82, 2.24) is 0 Å². The molecule has 0 bridgehead atoms. The number of ether oxygens (including phenoxy) is 2. The molecule has 0 unspecified atom stereocenters. The highest BCUT2D eigenvalue weighted by Gasteiger charge is 2.29. The Hall–Kier alpha value is -5.76. The van der Waals surface area contributed by atoms with Crippen molar-refractivity contribution in [1.29, 1.82) is 0 Å². The first-order valence-corrected chi connectivity index (χ1v) is 14.8. The molecule has 0 saturated heterocycles. The van der Waals surface area contributed by atoms with Gasteiger partial charge in [0.2, 0.25) is 0 Å². The molecule has 0 saturated carbocycles. The van der Waals surface area contributed by atoms with E-state index in [-0.39, 0.29) is 24.6 Å². The van der Waals surface area contributed by atoms with Gasteiger partial charge in [-0.25, -0.2) is 9.59 Å². The largest absolute Gasteiger partial charge is 0.462 e. The molecule has 46 heavy (non-hydrogen) atoms. The third kappa shape index (κ3) is 7.30. The molecule has 4 aromatic carbocycles. The van der Waals surface area contributed by atoms with Crippen molar-refractivity contribution in [2.45, 2.75) is 26.7 Å². The monoisotopic (exact) mass is 614 g/mol. The quantitative estimate of drug-likeness (QED) is 0.134. The van der Waals surface area contributed by atoms with Crippen molar-refractivity contribution in [3.05, 3.63) is 131 Å². The van der Waals surface area contributed by atoms with Crippen molar-refractivity contribution >= 4 is 57.0 Å². The van der Waals surface area contributed by atoms with Gasteiger partial charge in [0.25, 0.3) is 11.6 Å².